The number of nitrogens with one attached hydrogen (secondary N) is 1. The van der Waals surface area contributed by atoms with E-state index in [-0.39, 0.29) is 29.7 Å². The minimum Gasteiger partial charge on any atom is -0.352 e. The van der Waals surface area contributed by atoms with Crippen LogP contribution < -0.4 is 9.62 Å². The van der Waals surface area contributed by atoms with E-state index in [0.717, 1.165) is 22.2 Å². The number of nitrogens with zero attached hydrogens (tertiary/aromatic N) is 2. The average molecular weight is 595 g/mol. The van der Waals surface area contributed by atoms with Crippen LogP contribution in [0, 0.1) is 5.82 Å². The Morgan fingerprint density at radius 2 is 1.67 bits per heavy atom. The standard InChI is InChI=1S/C28H30Cl2FN3O4S/c1-19(2)32-28(36)26(14-20-8-5-4-6-9-20)33(17-21-12-13-22(29)15-25(21)30)27(35)18-34(39(3,37)38)24-11-7-10-23(31)16-24/h4-13,15-16,19,26H,14,17-18H2,1-3H3,(H,32,36). The molecule has 0 aliphatic heterocycles. The maximum atomic E-state index is 14.0. The van der Waals surface area contributed by atoms with Gasteiger partial charge < -0.3 is 10.2 Å². The second-order valence-corrected chi connectivity index (χ2v) is 12.1. The Morgan fingerprint density at radius 1 is 0.974 bits per heavy atom. The molecule has 1 unspecified atom stereocenters. The maximum Gasteiger partial charge on any atom is 0.244 e. The highest BCUT2D eigenvalue weighted by molar-refractivity contribution is 7.92. The fourth-order valence-corrected chi connectivity index (χ4v) is 5.32. The second-order valence-electron chi connectivity index (χ2n) is 9.38. The molecule has 0 spiro atoms. The van der Waals surface area contributed by atoms with Gasteiger partial charge in [-0.2, -0.15) is 0 Å². The Bertz CT molecular complexity index is 1420. The number of hydrogen-bond donors (Lipinski definition) is 1. The SMILES string of the molecule is CC(C)NC(=O)C(Cc1ccccc1)N(Cc1ccc(Cl)cc1Cl)C(=O)CN(c1cccc(F)c1)S(C)(=O)=O. The number of hydrogen-bond acceptors (Lipinski definition) is 4. The van der Waals surface area contributed by atoms with Crippen LogP contribution in [0.25, 0.3) is 0 Å². The van der Waals surface area contributed by atoms with Crippen LogP contribution in [0.3, 0.4) is 0 Å². The van der Waals surface area contributed by atoms with Gasteiger partial charge in [0.2, 0.25) is 21.8 Å². The number of sulfonamides is 1. The molecule has 0 aliphatic carbocycles. The third kappa shape index (κ3) is 8.68. The zero-order valence-electron chi connectivity index (χ0n) is 21.8. The first kappa shape index (κ1) is 30.4. The predicted molar refractivity (Wildman–Crippen MR) is 153 cm³/mol. The van der Waals surface area contributed by atoms with E-state index in [1.807, 2.05) is 30.3 Å². The summed E-state index contributed by atoms with van der Waals surface area (Å²) in [6, 6.07) is 17.7. The summed E-state index contributed by atoms with van der Waals surface area (Å²) in [5.74, 6) is -1.74. The summed E-state index contributed by atoms with van der Waals surface area (Å²) in [6.45, 7) is 2.84. The third-order valence-corrected chi connectivity index (χ3v) is 7.56. The van der Waals surface area contributed by atoms with E-state index in [9.17, 15) is 22.4 Å². The number of amides is 2. The van der Waals surface area contributed by atoms with Gasteiger partial charge in [0, 0.05) is 29.1 Å². The topological polar surface area (TPSA) is 86.8 Å². The molecule has 208 valence electrons. The van der Waals surface area contributed by atoms with Crippen molar-refractivity contribution in [3.63, 3.8) is 0 Å². The smallest absolute Gasteiger partial charge is 0.244 e. The van der Waals surface area contributed by atoms with Crippen molar-refractivity contribution < 1.29 is 22.4 Å². The lowest BCUT2D eigenvalue weighted by molar-refractivity contribution is -0.140. The molecular weight excluding hydrogens is 564 g/mol. The van der Waals surface area contributed by atoms with Crippen molar-refractivity contribution in [3.8, 4) is 0 Å². The van der Waals surface area contributed by atoms with Gasteiger partial charge in [0.1, 0.15) is 18.4 Å². The Morgan fingerprint density at radius 3 is 2.26 bits per heavy atom. The lowest BCUT2D eigenvalue weighted by Gasteiger charge is -2.34. The van der Waals surface area contributed by atoms with Gasteiger partial charge in [-0.1, -0.05) is 65.7 Å². The molecule has 1 atom stereocenters. The van der Waals surface area contributed by atoms with Gasteiger partial charge >= 0.3 is 0 Å². The minimum atomic E-state index is -4.00. The van der Waals surface area contributed by atoms with Crippen molar-refractivity contribution in [2.75, 3.05) is 17.1 Å². The van der Waals surface area contributed by atoms with Gasteiger partial charge in [-0.3, -0.25) is 13.9 Å². The zero-order chi connectivity index (χ0) is 28.7. The zero-order valence-corrected chi connectivity index (χ0v) is 24.1. The van der Waals surface area contributed by atoms with Crippen LogP contribution in [-0.4, -0.2) is 50.0 Å². The quantitative estimate of drug-likeness (QED) is 0.336. The van der Waals surface area contributed by atoms with Crippen molar-refractivity contribution in [2.24, 2.45) is 0 Å². The Balaban J connectivity index is 2.08. The number of rotatable bonds is 11. The van der Waals surface area contributed by atoms with E-state index < -0.39 is 40.2 Å². The number of carbonyl (C=O) groups excluding carboxylic acids is 2. The molecule has 39 heavy (non-hydrogen) atoms. The molecule has 0 bridgehead atoms. The molecule has 3 rings (SSSR count). The third-order valence-electron chi connectivity index (χ3n) is 5.83. The van der Waals surface area contributed by atoms with Crippen molar-refractivity contribution in [2.45, 2.75) is 38.9 Å². The molecule has 3 aromatic carbocycles. The lowest BCUT2D eigenvalue weighted by atomic mass is 10.0. The molecule has 0 aliphatic rings. The van der Waals surface area contributed by atoms with Crippen molar-refractivity contribution >= 4 is 50.7 Å². The van der Waals surface area contributed by atoms with Crippen molar-refractivity contribution in [1.29, 1.82) is 0 Å². The van der Waals surface area contributed by atoms with Gasteiger partial charge in [-0.15, -0.1) is 0 Å². The lowest BCUT2D eigenvalue weighted by Crippen LogP contribution is -2.54. The molecule has 0 radical (unpaired) electrons. The van der Waals surface area contributed by atoms with E-state index in [1.165, 1.54) is 29.2 Å². The van der Waals surface area contributed by atoms with Crippen LogP contribution in [0.1, 0.15) is 25.0 Å². The van der Waals surface area contributed by atoms with Gasteiger partial charge in [-0.05, 0) is 55.3 Å². The fourth-order valence-electron chi connectivity index (χ4n) is 4.01. The molecule has 2 amide bonds. The highest BCUT2D eigenvalue weighted by Gasteiger charge is 2.33. The normalized spacial score (nSPS) is 12.2. The molecule has 0 saturated heterocycles. The number of carbonyl (C=O) groups is 2. The maximum absolute atomic E-state index is 14.0. The predicted octanol–water partition coefficient (Wildman–Crippen LogP) is 5.06. The summed E-state index contributed by atoms with van der Waals surface area (Å²) < 4.78 is 40.2. The Kier molecular flexibility index (Phi) is 10.4. The van der Waals surface area contributed by atoms with Crippen molar-refractivity contribution in [1.82, 2.24) is 10.2 Å². The van der Waals surface area contributed by atoms with E-state index in [0.29, 0.717) is 10.6 Å². The molecule has 0 heterocycles. The van der Waals surface area contributed by atoms with E-state index in [1.54, 1.807) is 26.0 Å². The summed E-state index contributed by atoms with van der Waals surface area (Å²) in [7, 11) is -4.00. The molecule has 7 nitrogen and oxygen atoms in total. The van der Waals surface area contributed by atoms with Crippen LogP contribution in [-0.2, 0) is 32.6 Å². The van der Waals surface area contributed by atoms with E-state index in [4.69, 9.17) is 23.2 Å². The Hall–Kier alpha value is -3.14. The molecule has 0 saturated carbocycles. The van der Waals surface area contributed by atoms with Crippen LogP contribution >= 0.6 is 23.2 Å². The average Bonchev–Trinajstić information content (AvgIpc) is 2.85. The minimum absolute atomic E-state index is 0.0124. The fraction of sp³-hybridized carbons (Fsp3) is 0.286. The summed E-state index contributed by atoms with van der Waals surface area (Å²) in [5.41, 5.74) is 1.30. The van der Waals surface area contributed by atoms with Gasteiger partial charge in [0.15, 0.2) is 0 Å². The second kappa shape index (κ2) is 13.3. The van der Waals surface area contributed by atoms with Crippen LogP contribution in [0.15, 0.2) is 72.8 Å². The molecule has 11 heteroatoms. The first-order chi connectivity index (χ1) is 18.3. The van der Waals surface area contributed by atoms with E-state index >= 15 is 0 Å². The monoisotopic (exact) mass is 593 g/mol. The molecule has 0 fully saturated rings. The highest BCUT2D eigenvalue weighted by atomic mass is 35.5. The van der Waals surface area contributed by atoms with E-state index in [2.05, 4.69) is 5.32 Å². The van der Waals surface area contributed by atoms with Crippen LogP contribution in [0.4, 0.5) is 10.1 Å². The summed E-state index contributed by atoms with van der Waals surface area (Å²) >= 11 is 12.5. The number of halogens is 3. The summed E-state index contributed by atoms with van der Waals surface area (Å²) in [5, 5.41) is 3.55. The summed E-state index contributed by atoms with van der Waals surface area (Å²) in [4.78, 5) is 28.7. The molecule has 1 N–H and O–H groups in total. The van der Waals surface area contributed by atoms with Crippen molar-refractivity contribution in [3.05, 3.63) is 99.8 Å². The van der Waals surface area contributed by atoms with Gasteiger partial charge in [0.05, 0.1) is 11.9 Å². The van der Waals surface area contributed by atoms with Crippen LogP contribution in [0.2, 0.25) is 10.0 Å². The molecular formula is C28H30Cl2FN3O4S. The highest BCUT2D eigenvalue weighted by Crippen LogP contribution is 2.25. The van der Waals surface area contributed by atoms with Crippen LogP contribution in [0.5, 0.6) is 0 Å². The largest absolute Gasteiger partial charge is 0.352 e. The number of anilines is 1. The van der Waals surface area contributed by atoms with Gasteiger partial charge in [-0.25, -0.2) is 12.8 Å². The first-order valence-corrected chi connectivity index (χ1v) is 14.8. The Labute approximate surface area is 238 Å². The summed E-state index contributed by atoms with van der Waals surface area (Å²) in [6.07, 6.45) is 1.09. The van der Waals surface area contributed by atoms with Gasteiger partial charge in [0.25, 0.3) is 0 Å². The molecule has 3 aromatic rings. The number of benzene rings is 3. The molecule has 0 aromatic heterocycles. The first-order valence-electron chi connectivity index (χ1n) is 12.2.